The summed E-state index contributed by atoms with van der Waals surface area (Å²) < 4.78 is 9.51. The Morgan fingerprint density at radius 1 is 1.67 bits per heavy atom. The van der Waals surface area contributed by atoms with Crippen molar-refractivity contribution in [3.8, 4) is 0 Å². The Morgan fingerprint density at radius 2 is 1.83 bits per heavy atom. The first-order valence-electron chi connectivity index (χ1n) is 1.17. The average molecular weight is 103 g/mol. The molecule has 0 bridgehead atoms. The summed E-state index contributed by atoms with van der Waals surface area (Å²) in [6.07, 6.45) is 0. The van der Waals surface area contributed by atoms with Crippen LogP contribution in [0.1, 0.15) is 0 Å². The third-order valence-electron chi connectivity index (χ3n) is 0.194. The first-order chi connectivity index (χ1) is 2.56. The van der Waals surface area contributed by atoms with Gasteiger partial charge in [0.15, 0.2) is 0 Å². The lowest BCUT2D eigenvalue weighted by atomic mass is 9.79. The predicted octanol–water partition coefficient (Wildman–Crippen LogP) is -1.13. The molecule has 0 aliphatic carbocycles. The average Bonchev–Trinajstić information content (AvgIpc) is 1.35. The quantitative estimate of drug-likeness (QED) is 0.325. The van der Waals surface area contributed by atoms with Crippen molar-refractivity contribution in [2.45, 2.75) is 0 Å². The van der Waals surface area contributed by atoms with E-state index in [1.807, 2.05) is 0 Å². The maximum absolute atomic E-state index is 9.51. The minimum absolute atomic E-state index is 0.354. The summed E-state index contributed by atoms with van der Waals surface area (Å²) in [7, 11) is 0.424. The van der Waals surface area contributed by atoms with E-state index in [1.54, 1.807) is 0 Å². The van der Waals surface area contributed by atoms with Gasteiger partial charge in [-0.15, -0.1) is 0 Å². The van der Waals surface area contributed by atoms with Gasteiger partial charge in [0.1, 0.15) is 0 Å². The molecule has 0 saturated heterocycles. The highest BCUT2D eigenvalue weighted by atomic mass is 31.2. The molecule has 0 unspecified atom stereocenters. The summed E-state index contributed by atoms with van der Waals surface area (Å²) in [6, 6.07) is 0. The first-order valence-corrected chi connectivity index (χ1v) is 2.86. The van der Waals surface area contributed by atoms with E-state index < -0.39 is 7.47 Å². The Bertz CT molecular complexity index is 72.9. The Hall–Kier alpha value is 0.280. The van der Waals surface area contributed by atoms with Crippen molar-refractivity contribution in [1.29, 1.82) is 0 Å². The van der Waals surface area contributed by atoms with Crippen LogP contribution in [0.3, 0.4) is 0 Å². The molecule has 2 N–H and O–H groups in total. The van der Waals surface area contributed by atoms with Crippen LogP contribution < -0.4 is 0 Å². The monoisotopic (exact) mass is 103 g/mol. The lowest BCUT2D eigenvalue weighted by molar-refractivity contribution is 0.394. The summed E-state index contributed by atoms with van der Waals surface area (Å²) in [4.78, 5) is 15.5. The first kappa shape index (κ1) is 6.28. The highest BCUT2D eigenvalue weighted by molar-refractivity contribution is 7.88. The van der Waals surface area contributed by atoms with Gasteiger partial charge in [0.2, 0.25) is 6.89 Å². The highest BCUT2D eigenvalue weighted by Crippen LogP contribution is 2.29. The normalized spacial score (nSPS) is 11.0. The molecule has 0 saturated carbocycles. The Kier molecular flexibility index (Phi) is 1.91. The second kappa shape index (κ2) is 1.82. The Labute approximate surface area is 37.5 Å². The molecule has 3 radical (unpaired) electrons. The third kappa shape index (κ3) is 4.28. The maximum Gasteiger partial charge on any atom is 0.256 e. The van der Waals surface area contributed by atoms with Crippen LogP contribution in [0.5, 0.6) is 0 Å². The largest absolute Gasteiger partial charge is 0.333 e. The van der Waals surface area contributed by atoms with E-state index in [0.29, 0.717) is 6.89 Å². The van der Waals surface area contributed by atoms with Crippen molar-refractivity contribution in [2.75, 3.05) is 0 Å². The molecular weight excluding hydrogens is 101 g/mol. The summed E-state index contributed by atoms with van der Waals surface area (Å²) in [6.45, 7) is 0.354. The third-order valence-corrected chi connectivity index (χ3v) is 0.583. The second-order valence-corrected chi connectivity index (χ2v) is 2.21. The highest BCUT2D eigenvalue weighted by Gasteiger charge is 2.05. The minimum Gasteiger partial charge on any atom is -0.333 e. The molecule has 0 atom stereocenters. The molecule has 0 aliphatic rings. The molecule has 0 heterocycles. The van der Waals surface area contributed by atoms with Gasteiger partial charge in [-0.2, -0.15) is 0 Å². The van der Waals surface area contributed by atoms with Crippen LogP contribution in [-0.4, -0.2) is 24.4 Å². The lowest BCUT2D eigenvalue weighted by Crippen LogP contribution is -1.88. The summed E-state index contributed by atoms with van der Waals surface area (Å²) in [5.41, 5.74) is 0. The molecule has 6 heavy (non-hydrogen) atoms. The molecule has 0 fully saturated rings. The number of hydrogen-bond donors (Lipinski definition) is 2. The molecular formula is H2B2O3P. The van der Waals surface area contributed by atoms with Crippen LogP contribution in [0.15, 0.2) is 0 Å². The van der Waals surface area contributed by atoms with Gasteiger partial charge in [0.05, 0.1) is 0 Å². The van der Waals surface area contributed by atoms with Crippen LogP contribution in [0.2, 0.25) is 0 Å². The summed E-state index contributed by atoms with van der Waals surface area (Å²) in [5, 5.41) is 0. The SMILES string of the molecule is [B][B]P(=O)(O)O. The van der Waals surface area contributed by atoms with Gasteiger partial charge in [-0.05, 0) is 0 Å². The van der Waals surface area contributed by atoms with Crippen LogP contribution in [0.25, 0.3) is 0 Å². The van der Waals surface area contributed by atoms with Crippen LogP contribution >= 0.6 is 7.47 Å². The zero-order valence-corrected chi connectivity index (χ0v) is 3.80. The molecule has 0 rings (SSSR count). The van der Waals surface area contributed by atoms with E-state index in [0.717, 1.165) is 0 Å². The molecule has 31 valence electrons. The molecule has 3 nitrogen and oxygen atoms in total. The van der Waals surface area contributed by atoms with Crippen molar-refractivity contribution in [3.63, 3.8) is 0 Å². The van der Waals surface area contributed by atoms with E-state index in [2.05, 4.69) is 7.74 Å². The van der Waals surface area contributed by atoms with Crippen molar-refractivity contribution < 1.29 is 14.4 Å². The van der Waals surface area contributed by atoms with Gasteiger partial charge >= 0.3 is 0 Å². The molecule has 0 aromatic heterocycles. The van der Waals surface area contributed by atoms with Gasteiger partial charge < -0.3 is 9.79 Å². The van der Waals surface area contributed by atoms with E-state index in [-0.39, 0.29) is 0 Å². The molecule has 0 aromatic rings. The van der Waals surface area contributed by atoms with Crippen LogP contribution in [0, 0.1) is 0 Å². The summed E-state index contributed by atoms with van der Waals surface area (Å²) >= 11 is 0. The van der Waals surface area contributed by atoms with Crippen molar-refractivity contribution in [3.05, 3.63) is 0 Å². The zero-order valence-electron chi connectivity index (χ0n) is 2.90. The maximum atomic E-state index is 9.51. The molecule has 0 amide bonds. The standard InChI is InChI=1S/B2H2O3P/c1-2-6(3,4)5/h(H2,3,4,5). The van der Waals surface area contributed by atoms with Gasteiger partial charge in [-0.1, -0.05) is 0 Å². The van der Waals surface area contributed by atoms with Crippen molar-refractivity contribution in [2.24, 2.45) is 0 Å². The number of hydrogen-bond acceptors (Lipinski definition) is 1. The van der Waals surface area contributed by atoms with E-state index >= 15 is 0 Å². The smallest absolute Gasteiger partial charge is 0.256 e. The van der Waals surface area contributed by atoms with Crippen molar-refractivity contribution >= 4 is 22.1 Å². The fourth-order valence-corrected chi connectivity index (χ4v) is 0. The Balaban J connectivity index is 3.48. The molecule has 0 aliphatic heterocycles. The van der Waals surface area contributed by atoms with E-state index in [4.69, 9.17) is 9.79 Å². The van der Waals surface area contributed by atoms with Gasteiger partial charge in [-0.3, -0.25) is 4.57 Å². The molecule has 0 aromatic carbocycles. The van der Waals surface area contributed by atoms with Gasteiger partial charge in [0, 0.05) is 7.74 Å². The van der Waals surface area contributed by atoms with Crippen molar-refractivity contribution in [1.82, 2.24) is 0 Å². The summed E-state index contributed by atoms with van der Waals surface area (Å²) in [5.74, 6) is 0. The molecule has 0 spiro atoms. The van der Waals surface area contributed by atoms with Gasteiger partial charge in [0.25, 0.3) is 7.47 Å². The lowest BCUT2D eigenvalue weighted by Gasteiger charge is -1.92. The predicted molar refractivity (Wildman–Crippen MR) is 23.6 cm³/mol. The topological polar surface area (TPSA) is 57.5 Å². The molecule has 6 heteroatoms. The number of rotatable bonds is 1. The van der Waals surface area contributed by atoms with Crippen LogP contribution in [0.4, 0.5) is 0 Å². The fourth-order valence-electron chi connectivity index (χ4n) is 0. The minimum atomic E-state index is -3.99. The van der Waals surface area contributed by atoms with E-state index in [9.17, 15) is 4.57 Å². The van der Waals surface area contributed by atoms with E-state index in [1.165, 1.54) is 0 Å². The Morgan fingerprint density at radius 3 is 1.83 bits per heavy atom. The second-order valence-electron chi connectivity index (χ2n) is 0.738. The van der Waals surface area contributed by atoms with Crippen LogP contribution in [-0.2, 0) is 4.57 Å². The fraction of sp³-hybridized carbons (Fsp3) is 0. The van der Waals surface area contributed by atoms with Gasteiger partial charge in [-0.25, -0.2) is 0 Å². The zero-order chi connectivity index (χ0) is 5.21.